The average molecular weight is 287 g/mol. The van der Waals surface area contributed by atoms with E-state index in [0.29, 0.717) is 5.69 Å². The summed E-state index contributed by atoms with van der Waals surface area (Å²) in [5.74, 6) is -1.53. The van der Waals surface area contributed by atoms with E-state index in [4.69, 9.17) is 0 Å². The van der Waals surface area contributed by atoms with E-state index in [1.807, 2.05) is 23.6 Å². The maximum Gasteiger partial charge on any atom is 0.269 e. The number of aromatic amines is 2. The van der Waals surface area contributed by atoms with Crippen molar-refractivity contribution in [3.8, 4) is 10.4 Å². The van der Waals surface area contributed by atoms with Gasteiger partial charge in [0.25, 0.3) is 5.78 Å². The first-order valence-corrected chi connectivity index (χ1v) is 6.65. The molecular formula is C12H9N5O2S. The molecule has 0 bridgehead atoms. The lowest BCUT2D eigenvalue weighted by Crippen LogP contribution is -2.18. The van der Waals surface area contributed by atoms with Crippen molar-refractivity contribution in [2.75, 3.05) is 0 Å². The molecule has 7 nitrogen and oxygen atoms in total. The number of tetrazole rings is 1. The van der Waals surface area contributed by atoms with Crippen LogP contribution in [0, 0.1) is 0 Å². The molecular weight excluding hydrogens is 278 g/mol. The second kappa shape index (κ2) is 5.17. The Bertz CT molecular complexity index is 730. The predicted molar refractivity (Wildman–Crippen MR) is 71.3 cm³/mol. The zero-order valence-electron chi connectivity index (χ0n) is 10.2. The molecule has 100 valence electrons. The van der Waals surface area contributed by atoms with E-state index >= 15 is 0 Å². The lowest BCUT2D eigenvalue weighted by molar-refractivity contribution is -0.114. The highest BCUT2D eigenvalue weighted by molar-refractivity contribution is 7.13. The van der Waals surface area contributed by atoms with Crippen molar-refractivity contribution < 1.29 is 9.59 Å². The number of carbonyl (C=O) groups excluding carboxylic acids is 2. The third-order valence-corrected chi connectivity index (χ3v) is 3.66. The van der Waals surface area contributed by atoms with E-state index in [9.17, 15) is 9.59 Å². The van der Waals surface area contributed by atoms with Crippen molar-refractivity contribution in [2.24, 2.45) is 0 Å². The molecule has 0 aliphatic rings. The van der Waals surface area contributed by atoms with E-state index in [0.717, 1.165) is 10.4 Å². The number of aromatic nitrogens is 5. The largest absolute Gasteiger partial charge is 0.364 e. The second-order valence-corrected chi connectivity index (χ2v) is 4.96. The van der Waals surface area contributed by atoms with E-state index in [2.05, 4.69) is 25.6 Å². The Hall–Kier alpha value is -2.61. The Labute approximate surface area is 117 Å². The van der Waals surface area contributed by atoms with Crippen LogP contribution in [0.15, 0.2) is 29.8 Å². The summed E-state index contributed by atoms with van der Waals surface area (Å²) in [6, 6.07) is 5.78. The van der Waals surface area contributed by atoms with Gasteiger partial charge in [-0.15, -0.1) is 21.5 Å². The predicted octanol–water partition coefficient (Wildman–Crippen LogP) is 1.25. The summed E-state index contributed by atoms with van der Waals surface area (Å²) in [5.41, 5.74) is 1.63. The number of ketones is 2. The molecule has 2 N–H and O–H groups in total. The van der Waals surface area contributed by atoms with Crippen LogP contribution in [0.1, 0.15) is 16.3 Å². The third-order valence-electron chi connectivity index (χ3n) is 2.76. The summed E-state index contributed by atoms with van der Waals surface area (Å²) in [6.07, 6.45) is 1.73. The second-order valence-electron chi connectivity index (χ2n) is 4.01. The molecule has 0 atom stereocenters. The summed E-state index contributed by atoms with van der Waals surface area (Å²) in [4.78, 5) is 27.8. The molecule has 0 radical (unpaired) electrons. The van der Waals surface area contributed by atoms with E-state index in [1.54, 1.807) is 17.5 Å². The SMILES string of the molecule is O=C(Cc1[nH]ccc1-c1cccs1)C(=O)c1nn[nH]n1. The maximum absolute atomic E-state index is 11.9. The molecule has 0 aliphatic heterocycles. The number of nitrogens with zero attached hydrogens (tertiary/aromatic N) is 3. The van der Waals surface area contributed by atoms with Gasteiger partial charge in [-0.2, -0.15) is 5.21 Å². The highest BCUT2D eigenvalue weighted by Gasteiger charge is 2.22. The van der Waals surface area contributed by atoms with Crippen molar-refractivity contribution in [3.63, 3.8) is 0 Å². The van der Waals surface area contributed by atoms with Gasteiger partial charge in [0.15, 0.2) is 0 Å². The van der Waals surface area contributed by atoms with Crippen LogP contribution in [-0.2, 0) is 11.2 Å². The molecule has 0 unspecified atom stereocenters. The van der Waals surface area contributed by atoms with Gasteiger partial charge in [0, 0.05) is 22.3 Å². The molecule has 0 amide bonds. The van der Waals surface area contributed by atoms with Gasteiger partial charge in [-0.05, 0) is 22.7 Å². The average Bonchev–Trinajstić information content (AvgIpc) is 3.19. The van der Waals surface area contributed by atoms with Gasteiger partial charge in [0.1, 0.15) is 0 Å². The molecule has 20 heavy (non-hydrogen) atoms. The van der Waals surface area contributed by atoms with Crippen LogP contribution in [0.4, 0.5) is 0 Å². The molecule has 8 heteroatoms. The summed E-state index contributed by atoms with van der Waals surface area (Å²) >= 11 is 1.57. The number of hydrogen-bond donors (Lipinski definition) is 2. The van der Waals surface area contributed by atoms with Crippen LogP contribution >= 0.6 is 11.3 Å². The van der Waals surface area contributed by atoms with Crippen LogP contribution in [0.3, 0.4) is 0 Å². The minimum atomic E-state index is -0.745. The van der Waals surface area contributed by atoms with Crippen LogP contribution in [-0.4, -0.2) is 37.2 Å². The van der Waals surface area contributed by atoms with Gasteiger partial charge in [0.05, 0.1) is 6.42 Å². The smallest absolute Gasteiger partial charge is 0.269 e. The highest BCUT2D eigenvalue weighted by atomic mass is 32.1. The zero-order valence-corrected chi connectivity index (χ0v) is 11.0. The Morgan fingerprint density at radius 1 is 1.30 bits per heavy atom. The number of H-pyrrole nitrogens is 2. The van der Waals surface area contributed by atoms with Crippen molar-refractivity contribution >= 4 is 22.9 Å². The fraction of sp³-hybridized carbons (Fsp3) is 0.0833. The first kappa shape index (κ1) is 12.4. The maximum atomic E-state index is 11.9. The topological polar surface area (TPSA) is 104 Å². The summed E-state index contributed by atoms with van der Waals surface area (Å²) in [6.45, 7) is 0. The highest BCUT2D eigenvalue weighted by Crippen LogP contribution is 2.27. The molecule has 0 saturated carbocycles. The number of carbonyl (C=O) groups is 2. The van der Waals surface area contributed by atoms with Crippen molar-refractivity contribution in [1.29, 1.82) is 0 Å². The number of rotatable bonds is 5. The van der Waals surface area contributed by atoms with Gasteiger partial charge in [-0.1, -0.05) is 6.07 Å². The van der Waals surface area contributed by atoms with Crippen LogP contribution in [0.5, 0.6) is 0 Å². The van der Waals surface area contributed by atoms with Gasteiger partial charge in [-0.3, -0.25) is 9.59 Å². The van der Waals surface area contributed by atoms with Crippen molar-refractivity contribution in [2.45, 2.75) is 6.42 Å². The molecule has 3 aromatic rings. The summed E-state index contributed by atoms with van der Waals surface area (Å²) in [7, 11) is 0. The fourth-order valence-electron chi connectivity index (χ4n) is 1.84. The first-order chi connectivity index (χ1) is 9.75. The van der Waals surface area contributed by atoms with Crippen LogP contribution in [0.2, 0.25) is 0 Å². The molecule has 3 aromatic heterocycles. The molecule has 0 aliphatic carbocycles. The Morgan fingerprint density at radius 3 is 2.90 bits per heavy atom. The normalized spacial score (nSPS) is 10.6. The Kier molecular flexibility index (Phi) is 3.21. The quantitative estimate of drug-likeness (QED) is 0.543. The molecule has 0 saturated heterocycles. The number of thiophene rings is 1. The van der Waals surface area contributed by atoms with Gasteiger partial charge in [0.2, 0.25) is 11.6 Å². The van der Waals surface area contributed by atoms with E-state index in [1.165, 1.54) is 0 Å². The van der Waals surface area contributed by atoms with Gasteiger partial charge < -0.3 is 4.98 Å². The minimum absolute atomic E-state index is 0.0202. The lowest BCUT2D eigenvalue weighted by Gasteiger charge is -2.00. The fourth-order valence-corrected chi connectivity index (χ4v) is 2.62. The van der Waals surface area contributed by atoms with E-state index in [-0.39, 0.29) is 12.2 Å². The van der Waals surface area contributed by atoms with Gasteiger partial charge >= 0.3 is 0 Å². The van der Waals surface area contributed by atoms with Crippen molar-refractivity contribution in [3.05, 3.63) is 41.3 Å². The monoisotopic (exact) mass is 287 g/mol. The number of hydrogen-bond acceptors (Lipinski definition) is 6. The molecule has 0 aromatic carbocycles. The molecule has 0 spiro atoms. The van der Waals surface area contributed by atoms with Crippen LogP contribution < -0.4 is 0 Å². The number of Topliss-reactive ketones (excluding diaryl/α,β-unsaturated/α-hetero) is 2. The molecule has 3 heterocycles. The lowest BCUT2D eigenvalue weighted by atomic mass is 10.1. The Balaban J connectivity index is 1.81. The summed E-state index contributed by atoms with van der Waals surface area (Å²) in [5, 5.41) is 14.4. The van der Waals surface area contributed by atoms with Crippen LogP contribution in [0.25, 0.3) is 10.4 Å². The van der Waals surface area contributed by atoms with Gasteiger partial charge in [-0.25, -0.2) is 0 Å². The Morgan fingerprint density at radius 2 is 2.20 bits per heavy atom. The molecule has 3 rings (SSSR count). The zero-order chi connectivity index (χ0) is 13.9. The van der Waals surface area contributed by atoms with E-state index < -0.39 is 11.6 Å². The third kappa shape index (κ3) is 2.28. The molecule has 0 fully saturated rings. The number of nitrogens with one attached hydrogen (secondary N) is 2. The summed E-state index contributed by atoms with van der Waals surface area (Å²) < 4.78 is 0. The minimum Gasteiger partial charge on any atom is -0.364 e. The van der Waals surface area contributed by atoms with Crippen molar-refractivity contribution in [1.82, 2.24) is 25.6 Å². The first-order valence-electron chi connectivity index (χ1n) is 5.77. The standard InChI is InChI=1S/C12H9N5O2S/c18-9(11(19)12-14-16-17-15-12)6-8-7(3-4-13-8)10-2-1-5-20-10/h1-5,13H,6H2,(H,14,15,16,17).